The van der Waals surface area contributed by atoms with Gasteiger partial charge >= 0.3 is 0 Å². The average molecular weight is 348 g/mol. The van der Waals surface area contributed by atoms with Crippen LogP contribution < -0.4 is 20.7 Å². The van der Waals surface area contributed by atoms with Crippen LogP contribution >= 0.6 is 0 Å². The number of carbonyl (C=O) groups excluding carboxylic acids is 1. The summed E-state index contributed by atoms with van der Waals surface area (Å²) in [6.45, 7) is 9.53. The third kappa shape index (κ3) is 9.59. The van der Waals surface area contributed by atoms with Crippen LogP contribution in [0, 0.1) is 0 Å². The molecule has 0 aliphatic heterocycles. The molecule has 1 aromatic carbocycles. The molecule has 0 atom stereocenters. The SMILES string of the molecule is CCNC(=NCC(=O)NC(C)(C)C)NCCCc1ccc(OC)cc1. The van der Waals surface area contributed by atoms with Gasteiger partial charge in [0.25, 0.3) is 0 Å². The Balaban J connectivity index is 2.38. The zero-order valence-electron chi connectivity index (χ0n) is 16.1. The molecule has 1 rings (SSSR count). The first-order valence-corrected chi connectivity index (χ1v) is 8.80. The van der Waals surface area contributed by atoms with Crippen LogP contribution in [0.25, 0.3) is 0 Å². The lowest BCUT2D eigenvalue weighted by Crippen LogP contribution is -2.43. The monoisotopic (exact) mass is 348 g/mol. The Bertz CT molecular complexity index is 548. The first-order chi connectivity index (χ1) is 11.8. The summed E-state index contributed by atoms with van der Waals surface area (Å²) in [5, 5.41) is 9.33. The number of carbonyl (C=O) groups is 1. The molecule has 0 aliphatic rings. The van der Waals surface area contributed by atoms with Gasteiger partial charge in [-0.1, -0.05) is 12.1 Å². The van der Waals surface area contributed by atoms with Crippen molar-refractivity contribution in [1.29, 1.82) is 0 Å². The van der Waals surface area contributed by atoms with Crippen molar-refractivity contribution in [2.45, 2.75) is 46.1 Å². The second kappa shape index (κ2) is 10.6. The molecule has 0 heterocycles. The zero-order valence-corrected chi connectivity index (χ0v) is 16.1. The number of nitrogens with zero attached hydrogens (tertiary/aromatic N) is 1. The van der Waals surface area contributed by atoms with Crippen LogP contribution in [0.5, 0.6) is 5.75 Å². The van der Waals surface area contributed by atoms with Gasteiger partial charge in [-0.2, -0.15) is 0 Å². The lowest BCUT2D eigenvalue weighted by atomic mass is 10.1. The maximum absolute atomic E-state index is 11.9. The van der Waals surface area contributed by atoms with Crippen molar-refractivity contribution in [3.8, 4) is 5.75 Å². The second-order valence-corrected chi connectivity index (χ2v) is 6.87. The van der Waals surface area contributed by atoms with Crippen LogP contribution in [0.4, 0.5) is 0 Å². The Morgan fingerprint density at radius 1 is 1.16 bits per heavy atom. The zero-order chi connectivity index (χ0) is 18.7. The highest BCUT2D eigenvalue weighted by Crippen LogP contribution is 2.12. The van der Waals surface area contributed by atoms with E-state index in [1.165, 1.54) is 5.56 Å². The average Bonchev–Trinajstić information content (AvgIpc) is 2.55. The summed E-state index contributed by atoms with van der Waals surface area (Å²) in [4.78, 5) is 16.2. The molecule has 0 saturated heterocycles. The van der Waals surface area contributed by atoms with Crippen LogP contribution in [-0.4, -0.2) is 44.1 Å². The van der Waals surface area contributed by atoms with Crippen molar-refractivity contribution in [3.63, 3.8) is 0 Å². The highest BCUT2D eigenvalue weighted by molar-refractivity contribution is 5.85. The van der Waals surface area contributed by atoms with E-state index < -0.39 is 0 Å². The Hall–Kier alpha value is -2.24. The number of ether oxygens (including phenoxy) is 1. The molecular formula is C19H32N4O2. The van der Waals surface area contributed by atoms with E-state index in [4.69, 9.17) is 4.74 Å². The molecule has 0 aliphatic carbocycles. The van der Waals surface area contributed by atoms with Crippen molar-refractivity contribution < 1.29 is 9.53 Å². The lowest BCUT2D eigenvalue weighted by molar-refractivity contribution is -0.121. The Morgan fingerprint density at radius 3 is 2.40 bits per heavy atom. The Kier molecular flexibility index (Phi) is 8.81. The number of methoxy groups -OCH3 is 1. The number of amides is 1. The molecule has 0 unspecified atom stereocenters. The van der Waals surface area contributed by atoms with Gasteiger partial charge in [-0.25, -0.2) is 4.99 Å². The number of nitrogens with one attached hydrogen (secondary N) is 3. The van der Waals surface area contributed by atoms with E-state index in [-0.39, 0.29) is 18.0 Å². The van der Waals surface area contributed by atoms with Crippen LogP contribution in [0.3, 0.4) is 0 Å². The van der Waals surface area contributed by atoms with Gasteiger partial charge in [0.1, 0.15) is 12.3 Å². The normalized spacial score (nSPS) is 11.8. The first kappa shape index (κ1) is 20.8. The molecule has 6 heteroatoms. The van der Waals surface area contributed by atoms with E-state index in [0.717, 1.165) is 31.7 Å². The van der Waals surface area contributed by atoms with E-state index in [1.54, 1.807) is 7.11 Å². The van der Waals surface area contributed by atoms with Crippen molar-refractivity contribution in [1.82, 2.24) is 16.0 Å². The summed E-state index contributed by atoms with van der Waals surface area (Å²) in [5.41, 5.74) is 1.03. The maximum atomic E-state index is 11.9. The number of rotatable bonds is 8. The summed E-state index contributed by atoms with van der Waals surface area (Å²) in [5.74, 6) is 1.46. The fourth-order valence-corrected chi connectivity index (χ4v) is 2.24. The van der Waals surface area contributed by atoms with Gasteiger partial charge in [-0.15, -0.1) is 0 Å². The van der Waals surface area contributed by atoms with Crippen LogP contribution in [0.1, 0.15) is 39.7 Å². The van der Waals surface area contributed by atoms with Gasteiger partial charge in [0.15, 0.2) is 5.96 Å². The van der Waals surface area contributed by atoms with Gasteiger partial charge in [-0.05, 0) is 58.2 Å². The predicted octanol–water partition coefficient (Wildman–Crippen LogP) is 2.10. The number of hydrogen-bond donors (Lipinski definition) is 3. The molecule has 1 amide bonds. The van der Waals surface area contributed by atoms with E-state index in [9.17, 15) is 4.79 Å². The molecule has 0 bridgehead atoms. The Labute approximate surface area is 151 Å². The summed E-state index contributed by atoms with van der Waals surface area (Å²) >= 11 is 0. The van der Waals surface area contributed by atoms with Gasteiger partial charge in [0, 0.05) is 18.6 Å². The Morgan fingerprint density at radius 2 is 1.84 bits per heavy atom. The summed E-state index contributed by atoms with van der Waals surface area (Å²) in [6, 6.07) is 8.11. The van der Waals surface area contributed by atoms with Crippen molar-refractivity contribution in [2.75, 3.05) is 26.7 Å². The van der Waals surface area contributed by atoms with Gasteiger partial charge in [0.05, 0.1) is 7.11 Å². The quantitative estimate of drug-likeness (QED) is 0.382. The second-order valence-electron chi connectivity index (χ2n) is 6.87. The number of hydrogen-bond acceptors (Lipinski definition) is 3. The summed E-state index contributed by atoms with van der Waals surface area (Å²) in [6.07, 6.45) is 1.95. The molecule has 25 heavy (non-hydrogen) atoms. The third-order valence-electron chi connectivity index (χ3n) is 3.33. The minimum Gasteiger partial charge on any atom is -0.497 e. The fourth-order valence-electron chi connectivity index (χ4n) is 2.24. The van der Waals surface area contributed by atoms with E-state index in [1.807, 2.05) is 39.8 Å². The van der Waals surface area contributed by atoms with Crippen molar-refractivity contribution in [3.05, 3.63) is 29.8 Å². The van der Waals surface area contributed by atoms with Gasteiger partial charge < -0.3 is 20.7 Å². The smallest absolute Gasteiger partial charge is 0.242 e. The third-order valence-corrected chi connectivity index (χ3v) is 3.33. The van der Waals surface area contributed by atoms with Crippen molar-refractivity contribution in [2.24, 2.45) is 4.99 Å². The van der Waals surface area contributed by atoms with E-state index in [0.29, 0.717) is 5.96 Å². The predicted molar refractivity (Wildman–Crippen MR) is 103 cm³/mol. The largest absolute Gasteiger partial charge is 0.497 e. The fraction of sp³-hybridized carbons (Fsp3) is 0.579. The molecule has 0 spiro atoms. The maximum Gasteiger partial charge on any atom is 0.242 e. The highest BCUT2D eigenvalue weighted by atomic mass is 16.5. The molecular weight excluding hydrogens is 316 g/mol. The minimum atomic E-state index is -0.239. The molecule has 0 radical (unpaired) electrons. The molecule has 1 aromatic rings. The molecule has 3 N–H and O–H groups in total. The molecule has 6 nitrogen and oxygen atoms in total. The van der Waals surface area contributed by atoms with Crippen LogP contribution in [0.15, 0.2) is 29.3 Å². The number of aliphatic imine (C=N–C) groups is 1. The lowest BCUT2D eigenvalue weighted by Gasteiger charge is -2.20. The molecule has 0 aromatic heterocycles. The molecule has 0 saturated carbocycles. The van der Waals surface area contributed by atoms with Crippen LogP contribution in [-0.2, 0) is 11.2 Å². The van der Waals surface area contributed by atoms with Crippen molar-refractivity contribution >= 4 is 11.9 Å². The van der Waals surface area contributed by atoms with Crippen LogP contribution in [0.2, 0.25) is 0 Å². The van der Waals surface area contributed by atoms with E-state index in [2.05, 4.69) is 33.1 Å². The number of benzene rings is 1. The molecule has 0 fully saturated rings. The number of aryl methyl sites for hydroxylation is 1. The van der Waals surface area contributed by atoms with Gasteiger partial charge in [-0.3, -0.25) is 4.79 Å². The van der Waals surface area contributed by atoms with E-state index >= 15 is 0 Å². The topological polar surface area (TPSA) is 74.8 Å². The highest BCUT2D eigenvalue weighted by Gasteiger charge is 2.13. The standard InChI is InChI=1S/C19H32N4O2/c1-6-20-18(22-14-17(24)23-19(2,3)4)21-13-7-8-15-9-11-16(25-5)12-10-15/h9-12H,6-8,13-14H2,1-5H3,(H,23,24)(H2,20,21,22). The summed E-state index contributed by atoms with van der Waals surface area (Å²) in [7, 11) is 1.67. The van der Waals surface area contributed by atoms with Gasteiger partial charge in [0.2, 0.25) is 5.91 Å². The minimum absolute atomic E-state index is 0.0806. The number of guanidine groups is 1. The summed E-state index contributed by atoms with van der Waals surface area (Å²) < 4.78 is 5.16. The first-order valence-electron chi connectivity index (χ1n) is 8.80. The molecule has 140 valence electrons.